The maximum absolute atomic E-state index is 5.28. The smallest absolute Gasteiger partial charge is 0.0628 e. The molecule has 0 aliphatic carbocycles. The average molecular weight is 244 g/mol. The van der Waals surface area contributed by atoms with Gasteiger partial charge in [-0.1, -0.05) is 34.6 Å². The lowest BCUT2D eigenvalue weighted by molar-refractivity contribution is 0.127. The minimum Gasteiger partial charge on any atom is -0.383 e. The first kappa shape index (κ1) is 16.9. The van der Waals surface area contributed by atoms with E-state index in [2.05, 4.69) is 44.8 Å². The number of methoxy groups -OCH3 is 1. The molecule has 1 atom stereocenters. The van der Waals surface area contributed by atoms with Gasteiger partial charge >= 0.3 is 0 Å². The van der Waals surface area contributed by atoms with Gasteiger partial charge in [-0.2, -0.15) is 0 Å². The van der Waals surface area contributed by atoms with Gasteiger partial charge in [0.25, 0.3) is 0 Å². The Bertz CT molecular complexity index is 156. The molecule has 0 radical (unpaired) electrons. The summed E-state index contributed by atoms with van der Waals surface area (Å²) in [6.45, 7) is 16.5. The quantitative estimate of drug-likeness (QED) is 0.638. The molecule has 104 valence electrons. The first-order chi connectivity index (χ1) is 7.99. The van der Waals surface area contributed by atoms with Crippen molar-refractivity contribution in [3.05, 3.63) is 0 Å². The second kappa shape index (κ2) is 9.86. The molecule has 0 aromatic rings. The molecular weight excluding hydrogens is 212 g/mol. The lowest BCUT2D eigenvalue weighted by Gasteiger charge is -2.30. The van der Waals surface area contributed by atoms with Gasteiger partial charge in [0, 0.05) is 32.8 Å². The van der Waals surface area contributed by atoms with Crippen LogP contribution in [0.5, 0.6) is 0 Å². The summed E-state index contributed by atoms with van der Waals surface area (Å²) >= 11 is 0. The van der Waals surface area contributed by atoms with Crippen molar-refractivity contribution < 1.29 is 4.74 Å². The molecular formula is C14H32N2O. The fourth-order valence-corrected chi connectivity index (χ4v) is 2.23. The molecule has 17 heavy (non-hydrogen) atoms. The number of nitrogens with zero attached hydrogens (tertiary/aromatic N) is 1. The topological polar surface area (TPSA) is 24.5 Å². The molecule has 0 heterocycles. The second-order valence-electron chi connectivity index (χ2n) is 5.72. The largest absolute Gasteiger partial charge is 0.383 e. The maximum Gasteiger partial charge on any atom is 0.0628 e. The highest BCUT2D eigenvalue weighted by atomic mass is 16.5. The minimum atomic E-state index is 0.447. The van der Waals surface area contributed by atoms with Crippen molar-refractivity contribution in [1.29, 1.82) is 0 Å². The van der Waals surface area contributed by atoms with E-state index in [1.54, 1.807) is 7.11 Å². The van der Waals surface area contributed by atoms with Crippen molar-refractivity contribution >= 4 is 0 Å². The van der Waals surface area contributed by atoms with E-state index >= 15 is 0 Å². The van der Waals surface area contributed by atoms with Gasteiger partial charge < -0.3 is 15.0 Å². The van der Waals surface area contributed by atoms with Crippen LogP contribution in [0.4, 0.5) is 0 Å². The molecule has 0 spiro atoms. The van der Waals surface area contributed by atoms with Crippen LogP contribution in [0.25, 0.3) is 0 Å². The van der Waals surface area contributed by atoms with Crippen molar-refractivity contribution in [2.75, 3.05) is 39.9 Å². The van der Waals surface area contributed by atoms with E-state index in [9.17, 15) is 0 Å². The summed E-state index contributed by atoms with van der Waals surface area (Å²) in [5, 5.41) is 3.49. The molecule has 3 nitrogen and oxygen atoms in total. The third-order valence-corrected chi connectivity index (χ3v) is 2.59. The normalized spacial score (nSPS) is 13.9. The summed E-state index contributed by atoms with van der Waals surface area (Å²) in [6, 6.07) is 0.447. The third-order valence-electron chi connectivity index (χ3n) is 2.59. The number of rotatable bonds is 10. The zero-order chi connectivity index (χ0) is 13.3. The minimum absolute atomic E-state index is 0.447. The summed E-state index contributed by atoms with van der Waals surface area (Å²) < 4.78 is 5.28. The van der Waals surface area contributed by atoms with Gasteiger partial charge in [-0.15, -0.1) is 0 Å². The molecule has 0 saturated carbocycles. The molecule has 0 amide bonds. The van der Waals surface area contributed by atoms with Crippen molar-refractivity contribution in [2.45, 2.75) is 40.7 Å². The number of hydrogen-bond donors (Lipinski definition) is 1. The number of hydrogen-bond acceptors (Lipinski definition) is 3. The Hall–Kier alpha value is -0.120. The standard InChI is InChI=1S/C14H32N2O/c1-7-15-14(11-17-6)10-16(8-12(2)3)9-13(4)5/h12-15H,7-11H2,1-6H3. The van der Waals surface area contributed by atoms with Gasteiger partial charge in [0.05, 0.1) is 6.61 Å². The summed E-state index contributed by atoms with van der Waals surface area (Å²) in [6.07, 6.45) is 0. The van der Waals surface area contributed by atoms with Gasteiger partial charge in [0.1, 0.15) is 0 Å². The maximum atomic E-state index is 5.28. The Labute approximate surface area is 108 Å². The lowest BCUT2D eigenvalue weighted by Crippen LogP contribution is -2.45. The highest BCUT2D eigenvalue weighted by Gasteiger charge is 2.15. The Morgan fingerprint density at radius 3 is 1.88 bits per heavy atom. The molecule has 0 aromatic carbocycles. The van der Waals surface area contributed by atoms with Crippen LogP contribution in [-0.4, -0.2) is 50.8 Å². The Morgan fingerprint density at radius 2 is 1.53 bits per heavy atom. The molecule has 0 aliphatic rings. The van der Waals surface area contributed by atoms with Crippen LogP contribution < -0.4 is 5.32 Å². The predicted molar refractivity (Wildman–Crippen MR) is 75.5 cm³/mol. The molecule has 0 saturated heterocycles. The molecule has 1 unspecified atom stereocenters. The molecule has 0 fully saturated rings. The number of ether oxygens (including phenoxy) is 1. The Balaban J connectivity index is 4.24. The van der Waals surface area contributed by atoms with Gasteiger partial charge in [0.2, 0.25) is 0 Å². The fraction of sp³-hybridized carbons (Fsp3) is 1.00. The van der Waals surface area contributed by atoms with Gasteiger partial charge in [-0.25, -0.2) is 0 Å². The van der Waals surface area contributed by atoms with Crippen LogP contribution >= 0.6 is 0 Å². The van der Waals surface area contributed by atoms with E-state index in [0.29, 0.717) is 6.04 Å². The molecule has 1 N–H and O–H groups in total. The van der Waals surface area contributed by atoms with Crippen molar-refractivity contribution in [3.8, 4) is 0 Å². The van der Waals surface area contributed by atoms with Crippen molar-refractivity contribution in [2.24, 2.45) is 11.8 Å². The van der Waals surface area contributed by atoms with Crippen LogP contribution in [0.2, 0.25) is 0 Å². The molecule has 0 bridgehead atoms. The van der Waals surface area contributed by atoms with Crippen LogP contribution in [0, 0.1) is 11.8 Å². The lowest BCUT2D eigenvalue weighted by atomic mass is 10.1. The fourth-order valence-electron chi connectivity index (χ4n) is 2.23. The van der Waals surface area contributed by atoms with E-state index in [0.717, 1.165) is 31.5 Å². The summed E-state index contributed by atoms with van der Waals surface area (Å²) in [7, 11) is 1.78. The summed E-state index contributed by atoms with van der Waals surface area (Å²) in [5.74, 6) is 1.44. The van der Waals surface area contributed by atoms with Crippen LogP contribution in [0.1, 0.15) is 34.6 Å². The van der Waals surface area contributed by atoms with Crippen LogP contribution in [-0.2, 0) is 4.74 Å². The van der Waals surface area contributed by atoms with Crippen LogP contribution in [0.15, 0.2) is 0 Å². The Morgan fingerprint density at radius 1 is 1.00 bits per heavy atom. The van der Waals surface area contributed by atoms with Crippen LogP contribution in [0.3, 0.4) is 0 Å². The third kappa shape index (κ3) is 9.57. The molecule has 0 rings (SSSR count). The molecule has 3 heteroatoms. The molecule has 0 aromatic heterocycles. The van der Waals surface area contributed by atoms with E-state index in [1.807, 2.05) is 0 Å². The predicted octanol–water partition coefficient (Wildman–Crippen LogP) is 2.22. The SMILES string of the molecule is CCNC(COC)CN(CC(C)C)CC(C)C. The number of nitrogens with one attached hydrogen (secondary N) is 1. The zero-order valence-electron chi connectivity index (χ0n) is 12.6. The summed E-state index contributed by atoms with van der Waals surface area (Å²) in [5.41, 5.74) is 0. The summed E-state index contributed by atoms with van der Waals surface area (Å²) in [4.78, 5) is 2.56. The van der Waals surface area contributed by atoms with E-state index in [4.69, 9.17) is 4.74 Å². The van der Waals surface area contributed by atoms with Gasteiger partial charge in [-0.05, 0) is 18.4 Å². The first-order valence-electron chi connectivity index (χ1n) is 6.94. The molecule has 0 aliphatic heterocycles. The first-order valence-corrected chi connectivity index (χ1v) is 6.94. The van der Waals surface area contributed by atoms with Gasteiger partial charge in [0.15, 0.2) is 0 Å². The number of likely N-dealkylation sites (N-methyl/N-ethyl adjacent to an activating group) is 1. The van der Waals surface area contributed by atoms with E-state index in [1.165, 1.54) is 13.1 Å². The Kier molecular flexibility index (Phi) is 9.79. The highest BCUT2D eigenvalue weighted by molar-refractivity contribution is 4.73. The van der Waals surface area contributed by atoms with E-state index < -0.39 is 0 Å². The second-order valence-corrected chi connectivity index (χ2v) is 5.72. The van der Waals surface area contributed by atoms with Crippen molar-refractivity contribution in [3.63, 3.8) is 0 Å². The highest BCUT2D eigenvalue weighted by Crippen LogP contribution is 2.05. The zero-order valence-corrected chi connectivity index (χ0v) is 12.6. The average Bonchev–Trinajstić information content (AvgIpc) is 2.15. The van der Waals surface area contributed by atoms with Gasteiger partial charge in [-0.3, -0.25) is 0 Å². The van der Waals surface area contributed by atoms with E-state index in [-0.39, 0.29) is 0 Å². The monoisotopic (exact) mass is 244 g/mol. The van der Waals surface area contributed by atoms with Crippen molar-refractivity contribution in [1.82, 2.24) is 10.2 Å².